The number of anilines is 1. The third-order valence-corrected chi connectivity index (χ3v) is 5.41. The van der Waals surface area contributed by atoms with E-state index in [1.807, 2.05) is 30.3 Å². The molecule has 2 aromatic rings. The second-order valence-electron chi connectivity index (χ2n) is 7.11. The zero-order valence-electron chi connectivity index (χ0n) is 16.4. The van der Waals surface area contributed by atoms with Crippen LogP contribution in [0, 0.1) is 12.3 Å². The monoisotopic (exact) mass is 406 g/mol. The van der Waals surface area contributed by atoms with Crippen molar-refractivity contribution in [1.29, 1.82) is 0 Å². The first-order chi connectivity index (χ1) is 14.7. The molecular weight excluding hydrogens is 384 g/mol. The molecule has 0 aromatic heterocycles. The van der Waals surface area contributed by atoms with E-state index >= 15 is 0 Å². The molecule has 2 aliphatic rings. The summed E-state index contributed by atoms with van der Waals surface area (Å²) in [6.07, 6.45) is 6.13. The molecule has 0 spiro atoms. The zero-order chi connectivity index (χ0) is 21.0. The van der Waals surface area contributed by atoms with Crippen molar-refractivity contribution >= 4 is 17.5 Å². The molecule has 4 rings (SSSR count). The Morgan fingerprint density at radius 1 is 1.07 bits per heavy atom. The molecule has 2 aliphatic heterocycles. The molecule has 2 amide bonds. The summed E-state index contributed by atoms with van der Waals surface area (Å²) in [4.78, 5) is 27.9. The first-order valence-electron chi connectivity index (χ1n) is 9.75. The van der Waals surface area contributed by atoms with Crippen molar-refractivity contribution in [2.75, 3.05) is 24.9 Å². The number of hydrogen-bond acceptors (Lipinski definition) is 5. The van der Waals surface area contributed by atoms with Gasteiger partial charge in [0.25, 0.3) is 0 Å². The Bertz CT molecular complexity index is 977. The van der Waals surface area contributed by atoms with E-state index in [4.69, 9.17) is 20.6 Å². The molecular formula is C23H22N2O5. The van der Waals surface area contributed by atoms with E-state index in [2.05, 4.69) is 11.2 Å². The number of carbonyl (C=O) groups is 2. The SMILES string of the molecule is C#CC(=O)N(c1cccc2c1OCO2)C1(C(=O)NCc2ccccc2)CCOCC1. The van der Waals surface area contributed by atoms with Crippen LogP contribution in [0.4, 0.5) is 5.69 Å². The van der Waals surface area contributed by atoms with Crippen LogP contribution in [0.1, 0.15) is 18.4 Å². The van der Waals surface area contributed by atoms with Gasteiger partial charge in [0.1, 0.15) is 5.54 Å². The van der Waals surface area contributed by atoms with Crippen LogP contribution >= 0.6 is 0 Å². The van der Waals surface area contributed by atoms with E-state index in [-0.39, 0.29) is 12.7 Å². The normalized spacial score (nSPS) is 16.4. The minimum absolute atomic E-state index is 0.0424. The average Bonchev–Trinajstić information content (AvgIpc) is 3.28. The van der Waals surface area contributed by atoms with E-state index in [9.17, 15) is 9.59 Å². The average molecular weight is 406 g/mol. The summed E-state index contributed by atoms with van der Waals surface area (Å²) in [5, 5.41) is 2.98. The van der Waals surface area contributed by atoms with Crippen molar-refractivity contribution < 1.29 is 23.8 Å². The lowest BCUT2D eigenvalue weighted by Gasteiger charge is -2.44. The lowest BCUT2D eigenvalue weighted by molar-refractivity contribution is -0.133. The van der Waals surface area contributed by atoms with Crippen LogP contribution in [0.15, 0.2) is 48.5 Å². The second-order valence-corrected chi connectivity index (χ2v) is 7.11. The van der Waals surface area contributed by atoms with Crippen molar-refractivity contribution in [1.82, 2.24) is 5.32 Å². The molecule has 2 heterocycles. The van der Waals surface area contributed by atoms with Gasteiger partial charge in [0, 0.05) is 32.6 Å². The molecule has 2 aromatic carbocycles. The molecule has 0 aliphatic carbocycles. The summed E-state index contributed by atoms with van der Waals surface area (Å²) in [6.45, 7) is 1.05. The highest BCUT2D eigenvalue weighted by molar-refractivity contribution is 6.12. The summed E-state index contributed by atoms with van der Waals surface area (Å²) >= 11 is 0. The molecule has 1 fully saturated rings. The summed E-state index contributed by atoms with van der Waals surface area (Å²) in [5.74, 6) is 2.19. The number of benzene rings is 2. The van der Waals surface area contributed by atoms with Gasteiger partial charge in [-0.3, -0.25) is 14.5 Å². The number of hydrogen-bond donors (Lipinski definition) is 1. The molecule has 1 saturated heterocycles. The van der Waals surface area contributed by atoms with E-state index in [0.717, 1.165) is 5.56 Å². The van der Waals surface area contributed by atoms with Gasteiger partial charge in [-0.2, -0.15) is 0 Å². The number of rotatable bonds is 5. The predicted molar refractivity (Wildman–Crippen MR) is 110 cm³/mol. The highest BCUT2D eigenvalue weighted by Gasteiger charge is 2.49. The molecule has 0 radical (unpaired) electrons. The van der Waals surface area contributed by atoms with E-state index in [1.165, 1.54) is 4.90 Å². The van der Waals surface area contributed by atoms with E-state index in [0.29, 0.717) is 49.8 Å². The topological polar surface area (TPSA) is 77.1 Å². The number of fused-ring (bicyclic) bond motifs is 1. The predicted octanol–water partition coefficient (Wildman–Crippen LogP) is 2.25. The third-order valence-electron chi connectivity index (χ3n) is 5.41. The highest BCUT2D eigenvalue weighted by atomic mass is 16.7. The fourth-order valence-electron chi connectivity index (χ4n) is 3.89. The minimum atomic E-state index is -1.20. The van der Waals surface area contributed by atoms with Gasteiger partial charge >= 0.3 is 5.91 Å². The zero-order valence-corrected chi connectivity index (χ0v) is 16.4. The van der Waals surface area contributed by atoms with Crippen molar-refractivity contribution in [2.45, 2.75) is 24.9 Å². The van der Waals surface area contributed by atoms with Gasteiger partial charge in [-0.1, -0.05) is 36.4 Å². The third kappa shape index (κ3) is 3.58. The van der Waals surface area contributed by atoms with Crippen LogP contribution in [0.25, 0.3) is 0 Å². The Morgan fingerprint density at radius 3 is 2.57 bits per heavy atom. The van der Waals surface area contributed by atoms with Gasteiger partial charge in [0.2, 0.25) is 12.7 Å². The Labute approximate surface area is 174 Å². The molecule has 0 saturated carbocycles. The summed E-state index contributed by atoms with van der Waals surface area (Å²) in [6, 6.07) is 14.8. The van der Waals surface area contributed by atoms with Gasteiger partial charge in [0.15, 0.2) is 11.5 Å². The number of nitrogens with one attached hydrogen (secondary N) is 1. The summed E-state index contributed by atoms with van der Waals surface area (Å²) in [7, 11) is 0. The molecule has 0 atom stereocenters. The highest BCUT2D eigenvalue weighted by Crippen LogP contribution is 2.45. The van der Waals surface area contributed by atoms with E-state index < -0.39 is 11.4 Å². The van der Waals surface area contributed by atoms with Crippen molar-refractivity contribution in [3.05, 3.63) is 54.1 Å². The molecule has 0 bridgehead atoms. The smallest absolute Gasteiger partial charge is 0.303 e. The van der Waals surface area contributed by atoms with Crippen LogP contribution in [-0.2, 0) is 20.9 Å². The fraction of sp³-hybridized carbons (Fsp3) is 0.304. The number of terminal acetylenes is 1. The molecule has 154 valence electrons. The molecule has 30 heavy (non-hydrogen) atoms. The van der Waals surface area contributed by atoms with Gasteiger partial charge in [-0.05, 0) is 23.6 Å². The summed E-state index contributed by atoms with van der Waals surface area (Å²) < 4.78 is 16.6. The van der Waals surface area contributed by atoms with Crippen molar-refractivity contribution in [3.8, 4) is 23.8 Å². The number of para-hydroxylation sites is 1. The van der Waals surface area contributed by atoms with Crippen LogP contribution in [0.3, 0.4) is 0 Å². The van der Waals surface area contributed by atoms with Crippen molar-refractivity contribution in [2.24, 2.45) is 0 Å². The van der Waals surface area contributed by atoms with E-state index in [1.54, 1.807) is 18.2 Å². The lowest BCUT2D eigenvalue weighted by atomic mass is 9.85. The molecule has 7 heteroatoms. The number of amides is 2. The van der Waals surface area contributed by atoms with Crippen LogP contribution < -0.4 is 19.7 Å². The van der Waals surface area contributed by atoms with Crippen LogP contribution in [-0.4, -0.2) is 37.4 Å². The second kappa shape index (κ2) is 8.47. The number of ether oxygens (including phenoxy) is 3. The van der Waals surface area contributed by atoms with Crippen molar-refractivity contribution in [3.63, 3.8) is 0 Å². The Hall–Kier alpha value is -3.50. The first kappa shape index (κ1) is 19.8. The Balaban J connectivity index is 1.72. The maximum Gasteiger partial charge on any atom is 0.303 e. The van der Waals surface area contributed by atoms with Crippen LogP contribution in [0.5, 0.6) is 11.5 Å². The maximum atomic E-state index is 13.5. The number of carbonyl (C=O) groups excluding carboxylic acids is 2. The Kier molecular flexibility index (Phi) is 5.59. The Morgan fingerprint density at radius 2 is 1.83 bits per heavy atom. The van der Waals surface area contributed by atoms with Gasteiger partial charge in [-0.15, -0.1) is 6.42 Å². The van der Waals surface area contributed by atoms with Gasteiger partial charge in [-0.25, -0.2) is 0 Å². The van der Waals surface area contributed by atoms with Crippen LogP contribution in [0.2, 0.25) is 0 Å². The summed E-state index contributed by atoms with van der Waals surface area (Å²) in [5.41, 5.74) is 0.183. The first-order valence-corrected chi connectivity index (χ1v) is 9.75. The lowest BCUT2D eigenvalue weighted by Crippen LogP contribution is -2.63. The largest absolute Gasteiger partial charge is 0.454 e. The van der Waals surface area contributed by atoms with Gasteiger partial charge in [0.05, 0.1) is 5.69 Å². The standard InChI is InChI=1S/C23H22N2O5/c1-2-20(26)25(18-9-6-10-19-21(18)30-16-29-19)23(11-13-28-14-12-23)22(27)24-15-17-7-4-3-5-8-17/h1,3-10H,11-16H2,(H,24,27). The molecule has 7 nitrogen and oxygen atoms in total. The molecule has 1 N–H and O–H groups in total. The fourth-order valence-corrected chi connectivity index (χ4v) is 3.89. The molecule has 0 unspecified atom stereocenters. The quantitative estimate of drug-likeness (QED) is 0.771. The van der Waals surface area contributed by atoms with Gasteiger partial charge < -0.3 is 19.5 Å². The minimum Gasteiger partial charge on any atom is -0.454 e. The number of nitrogens with zero attached hydrogens (tertiary/aromatic N) is 1. The maximum absolute atomic E-state index is 13.5.